The molecule has 0 aliphatic carbocycles. The number of nitrogens with zero attached hydrogens (tertiary/aromatic N) is 1. The number of carbonyl (C=O) groups is 1. The van der Waals surface area contributed by atoms with Crippen LogP contribution in [0.3, 0.4) is 0 Å². The van der Waals surface area contributed by atoms with E-state index in [-0.39, 0.29) is 5.92 Å². The maximum absolute atomic E-state index is 10.8. The molecule has 0 radical (unpaired) electrons. The van der Waals surface area contributed by atoms with E-state index < -0.39 is 5.97 Å². The van der Waals surface area contributed by atoms with E-state index in [1.807, 2.05) is 36.4 Å². The second-order valence-electron chi connectivity index (χ2n) is 6.09. The number of aliphatic carboxylic acids is 1. The van der Waals surface area contributed by atoms with Crippen molar-refractivity contribution in [3.8, 4) is 5.75 Å². The summed E-state index contributed by atoms with van der Waals surface area (Å²) < 4.78 is 5.83. The van der Waals surface area contributed by atoms with Crippen LogP contribution in [-0.4, -0.2) is 29.1 Å². The molecule has 1 N–H and O–H groups in total. The van der Waals surface area contributed by atoms with E-state index in [4.69, 9.17) is 9.84 Å². The van der Waals surface area contributed by atoms with Crippen LogP contribution in [0.5, 0.6) is 5.75 Å². The zero-order chi connectivity index (χ0) is 16.2. The molecule has 0 aromatic heterocycles. The largest absolute Gasteiger partial charge is 0.489 e. The number of likely N-dealkylation sites (tertiary alicyclic amines) is 1. The first kappa shape index (κ1) is 15.6. The Morgan fingerprint density at radius 1 is 1.17 bits per heavy atom. The third-order valence-corrected chi connectivity index (χ3v) is 4.29. The first-order valence-corrected chi connectivity index (χ1v) is 7.83. The molecule has 0 atom stereocenters. The van der Waals surface area contributed by atoms with Crippen molar-refractivity contribution >= 4 is 5.97 Å². The van der Waals surface area contributed by atoms with Gasteiger partial charge in [0, 0.05) is 19.6 Å². The number of ether oxygens (including phenoxy) is 1. The molecule has 0 unspecified atom stereocenters. The average Bonchev–Trinajstić information content (AvgIpc) is 2.50. The van der Waals surface area contributed by atoms with Gasteiger partial charge in [0.25, 0.3) is 0 Å². The molecule has 1 fully saturated rings. The van der Waals surface area contributed by atoms with Crippen molar-refractivity contribution in [2.24, 2.45) is 5.92 Å². The Hall–Kier alpha value is -2.33. The van der Waals surface area contributed by atoms with Gasteiger partial charge < -0.3 is 9.84 Å². The number of rotatable bonds is 6. The summed E-state index contributed by atoms with van der Waals surface area (Å²) in [6.45, 7) is 4.72. The molecule has 120 valence electrons. The van der Waals surface area contributed by atoms with Crippen LogP contribution < -0.4 is 4.74 Å². The van der Waals surface area contributed by atoms with Gasteiger partial charge in [-0.05, 0) is 35.7 Å². The molecule has 23 heavy (non-hydrogen) atoms. The summed E-state index contributed by atoms with van der Waals surface area (Å²) in [4.78, 5) is 12.9. The highest BCUT2D eigenvalue weighted by Crippen LogP contribution is 2.21. The van der Waals surface area contributed by atoms with Gasteiger partial charge in [-0.3, -0.25) is 9.69 Å². The van der Waals surface area contributed by atoms with Crippen molar-refractivity contribution in [1.82, 2.24) is 4.90 Å². The van der Waals surface area contributed by atoms with E-state index in [9.17, 15) is 4.79 Å². The van der Waals surface area contributed by atoms with E-state index in [1.165, 1.54) is 16.7 Å². The summed E-state index contributed by atoms with van der Waals surface area (Å²) >= 11 is 0. The van der Waals surface area contributed by atoms with Crippen LogP contribution in [0.15, 0.2) is 48.5 Å². The number of carboxylic acid groups (broad SMARTS) is 1. The first-order chi connectivity index (χ1) is 11.1. The van der Waals surface area contributed by atoms with E-state index in [0.717, 1.165) is 12.3 Å². The maximum Gasteiger partial charge on any atom is 0.309 e. The standard InChI is InChI=1S/C19H21NO3/c1-14-4-2-3-5-16(14)13-23-18-8-6-15(7-9-18)10-20-11-17(12-20)19(21)22/h2-9,17H,10-13H2,1H3,(H,21,22). The average molecular weight is 311 g/mol. The zero-order valence-corrected chi connectivity index (χ0v) is 13.2. The quantitative estimate of drug-likeness (QED) is 0.890. The van der Waals surface area contributed by atoms with Crippen LogP contribution in [0.25, 0.3) is 0 Å². The number of hydrogen-bond acceptors (Lipinski definition) is 3. The van der Waals surface area contributed by atoms with Crippen molar-refractivity contribution in [3.63, 3.8) is 0 Å². The molecule has 0 spiro atoms. The Kier molecular flexibility index (Phi) is 4.63. The Morgan fingerprint density at radius 3 is 2.52 bits per heavy atom. The third kappa shape index (κ3) is 3.90. The molecule has 0 saturated carbocycles. The van der Waals surface area contributed by atoms with Gasteiger partial charge in [0.05, 0.1) is 5.92 Å². The van der Waals surface area contributed by atoms with Crippen LogP contribution in [-0.2, 0) is 17.9 Å². The lowest BCUT2D eigenvalue weighted by atomic mass is 10.00. The Balaban J connectivity index is 1.50. The molecule has 0 bridgehead atoms. The summed E-state index contributed by atoms with van der Waals surface area (Å²) in [6.07, 6.45) is 0. The highest BCUT2D eigenvalue weighted by atomic mass is 16.5. The van der Waals surface area contributed by atoms with Gasteiger partial charge in [0.2, 0.25) is 0 Å². The van der Waals surface area contributed by atoms with E-state index >= 15 is 0 Å². The number of aryl methyl sites for hydroxylation is 1. The summed E-state index contributed by atoms with van der Waals surface area (Å²) in [6, 6.07) is 16.2. The number of benzene rings is 2. The minimum Gasteiger partial charge on any atom is -0.489 e. The first-order valence-electron chi connectivity index (χ1n) is 7.83. The van der Waals surface area contributed by atoms with Crippen molar-refractivity contribution in [2.45, 2.75) is 20.1 Å². The fourth-order valence-electron chi connectivity index (χ4n) is 2.74. The Labute approximate surface area is 136 Å². The second-order valence-corrected chi connectivity index (χ2v) is 6.09. The van der Waals surface area contributed by atoms with Crippen molar-refractivity contribution < 1.29 is 14.6 Å². The summed E-state index contributed by atoms with van der Waals surface area (Å²) in [7, 11) is 0. The van der Waals surface area contributed by atoms with E-state index in [1.54, 1.807) is 0 Å². The van der Waals surface area contributed by atoms with Gasteiger partial charge in [0.1, 0.15) is 12.4 Å². The smallest absolute Gasteiger partial charge is 0.309 e. The lowest BCUT2D eigenvalue weighted by Crippen LogP contribution is -2.49. The van der Waals surface area contributed by atoms with Crippen molar-refractivity contribution in [3.05, 3.63) is 65.2 Å². The van der Waals surface area contributed by atoms with Gasteiger partial charge in [0.15, 0.2) is 0 Å². The van der Waals surface area contributed by atoms with Gasteiger partial charge in [-0.1, -0.05) is 36.4 Å². The number of carboxylic acids is 1. The fraction of sp³-hybridized carbons (Fsp3) is 0.316. The minimum atomic E-state index is -0.693. The SMILES string of the molecule is Cc1ccccc1COc1ccc(CN2CC(C(=O)O)C2)cc1. The molecule has 1 aliphatic rings. The summed E-state index contributed by atoms with van der Waals surface area (Å²) in [5.41, 5.74) is 3.60. The van der Waals surface area contributed by atoms with Gasteiger partial charge >= 0.3 is 5.97 Å². The molecule has 3 rings (SSSR count). The lowest BCUT2D eigenvalue weighted by molar-refractivity contribution is -0.147. The van der Waals surface area contributed by atoms with Crippen molar-refractivity contribution in [2.75, 3.05) is 13.1 Å². The highest BCUT2D eigenvalue weighted by Gasteiger charge is 2.31. The van der Waals surface area contributed by atoms with E-state index in [2.05, 4.69) is 24.0 Å². The molecule has 1 heterocycles. The van der Waals surface area contributed by atoms with E-state index in [0.29, 0.717) is 19.7 Å². The molecule has 2 aromatic rings. The predicted molar refractivity (Wildman–Crippen MR) is 88.4 cm³/mol. The Bertz CT molecular complexity index is 675. The molecular weight excluding hydrogens is 290 g/mol. The van der Waals surface area contributed by atoms with Gasteiger partial charge in [-0.15, -0.1) is 0 Å². The topological polar surface area (TPSA) is 49.8 Å². The molecule has 2 aromatic carbocycles. The van der Waals surface area contributed by atoms with Crippen LogP contribution in [0.4, 0.5) is 0 Å². The van der Waals surface area contributed by atoms with Gasteiger partial charge in [-0.25, -0.2) is 0 Å². The Morgan fingerprint density at radius 2 is 1.87 bits per heavy atom. The highest BCUT2D eigenvalue weighted by molar-refractivity contribution is 5.71. The second kappa shape index (κ2) is 6.84. The van der Waals surface area contributed by atoms with Crippen LogP contribution in [0.2, 0.25) is 0 Å². The van der Waals surface area contributed by atoms with Crippen LogP contribution >= 0.6 is 0 Å². The maximum atomic E-state index is 10.8. The molecule has 0 amide bonds. The lowest BCUT2D eigenvalue weighted by Gasteiger charge is -2.36. The minimum absolute atomic E-state index is 0.202. The van der Waals surface area contributed by atoms with Crippen LogP contribution in [0.1, 0.15) is 16.7 Å². The normalized spacial score (nSPS) is 15.2. The summed E-state index contributed by atoms with van der Waals surface area (Å²) in [5.74, 6) is -0.0445. The summed E-state index contributed by atoms with van der Waals surface area (Å²) in [5, 5.41) is 8.88. The van der Waals surface area contributed by atoms with Crippen LogP contribution in [0, 0.1) is 12.8 Å². The van der Waals surface area contributed by atoms with Crippen molar-refractivity contribution in [1.29, 1.82) is 0 Å². The number of hydrogen-bond donors (Lipinski definition) is 1. The van der Waals surface area contributed by atoms with Gasteiger partial charge in [-0.2, -0.15) is 0 Å². The molecule has 4 nitrogen and oxygen atoms in total. The monoisotopic (exact) mass is 311 g/mol. The third-order valence-electron chi connectivity index (χ3n) is 4.29. The predicted octanol–water partition coefficient (Wildman–Crippen LogP) is 3.09. The fourth-order valence-corrected chi connectivity index (χ4v) is 2.74. The molecule has 1 saturated heterocycles. The molecule has 1 aliphatic heterocycles. The zero-order valence-electron chi connectivity index (χ0n) is 13.2. The molecular formula is C19H21NO3. The molecule has 4 heteroatoms.